The molecule has 0 bridgehead atoms. The Balaban J connectivity index is 1.68. The standard InChI is InChI=1S/C16H22ClN3O4/c1-9-13(17)14(19-18-9)15(21)20-6-10-7-24-5-3-16(10,22)11-8-23-4-2-12(11)20/h10-12,22H,2-8H2,1H3,(H,18,19)/t10-,11+,12-,16-/m1/s1. The molecule has 3 aliphatic rings. The minimum atomic E-state index is -0.828. The van der Waals surface area contributed by atoms with Gasteiger partial charge in [0.25, 0.3) is 5.91 Å². The van der Waals surface area contributed by atoms with Gasteiger partial charge in [-0.2, -0.15) is 5.10 Å². The third kappa shape index (κ3) is 2.37. The number of H-pyrrole nitrogens is 1. The second kappa shape index (κ2) is 5.98. The summed E-state index contributed by atoms with van der Waals surface area (Å²) < 4.78 is 11.2. The highest BCUT2D eigenvalue weighted by molar-refractivity contribution is 6.34. The predicted octanol–water partition coefficient (Wildman–Crippen LogP) is 1.00. The van der Waals surface area contributed by atoms with Gasteiger partial charge in [0, 0.05) is 44.1 Å². The zero-order valence-electron chi connectivity index (χ0n) is 13.6. The highest BCUT2D eigenvalue weighted by Crippen LogP contribution is 2.44. The largest absolute Gasteiger partial charge is 0.389 e. The van der Waals surface area contributed by atoms with E-state index in [1.165, 1.54) is 0 Å². The van der Waals surface area contributed by atoms with E-state index in [-0.39, 0.29) is 29.5 Å². The van der Waals surface area contributed by atoms with Gasteiger partial charge in [-0.05, 0) is 13.3 Å². The van der Waals surface area contributed by atoms with Crippen LogP contribution in [0.15, 0.2) is 0 Å². The van der Waals surface area contributed by atoms with Crippen LogP contribution in [0.5, 0.6) is 0 Å². The third-order valence-electron chi connectivity index (χ3n) is 5.79. The van der Waals surface area contributed by atoms with Gasteiger partial charge in [0.15, 0.2) is 5.69 Å². The van der Waals surface area contributed by atoms with Crippen molar-refractivity contribution in [1.82, 2.24) is 15.1 Å². The fraction of sp³-hybridized carbons (Fsp3) is 0.750. The SMILES string of the molecule is Cc1[nH]nc(C(=O)N2C[C@@H]3COCC[C@]3(O)[C@H]3COCC[C@H]32)c1Cl. The normalized spacial score (nSPS) is 36.1. The summed E-state index contributed by atoms with van der Waals surface area (Å²) in [6.07, 6.45) is 1.31. The lowest BCUT2D eigenvalue weighted by molar-refractivity contribution is -0.212. The number of aromatic nitrogens is 2. The number of likely N-dealkylation sites (tertiary alicyclic amines) is 1. The second-order valence-corrected chi connectivity index (χ2v) is 7.40. The van der Waals surface area contributed by atoms with Crippen molar-refractivity contribution in [2.24, 2.45) is 11.8 Å². The summed E-state index contributed by atoms with van der Waals surface area (Å²) in [5.41, 5.74) is 0.102. The second-order valence-electron chi connectivity index (χ2n) is 7.02. The number of ether oxygens (including phenoxy) is 2. The van der Waals surface area contributed by atoms with Crippen LogP contribution < -0.4 is 0 Å². The monoisotopic (exact) mass is 355 g/mol. The van der Waals surface area contributed by atoms with E-state index in [0.29, 0.717) is 56.5 Å². The molecule has 0 radical (unpaired) electrons. The molecule has 24 heavy (non-hydrogen) atoms. The van der Waals surface area contributed by atoms with Gasteiger partial charge < -0.3 is 19.5 Å². The first-order valence-corrected chi connectivity index (χ1v) is 8.79. The van der Waals surface area contributed by atoms with Crippen LogP contribution in [-0.4, -0.2) is 70.7 Å². The van der Waals surface area contributed by atoms with Gasteiger partial charge in [0.05, 0.1) is 29.5 Å². The summed E-state index contributed by atoms with van der Waals surface area (Å²) in [4.78, 5) is 14.9. The van der Waals surface area contributed by atoms with Crippen molar-refractivity contribution in [1.29, 1.82) is 0 Å². The molecule has 3 fully saturated rings. The van der Waals surface area contributed by atoms with E-state index in [2.05, 4.69) is 10.2 Å². The van der Waals surface area contributed by atoms with Crippen LogP contribution in [0.3, 0.4) is 0 Å². The smallest absolute Gasteiger partial charge is 0.276 e. The minimum Gasteiger partial charge on any atom is -0.389 e. The molecule has 3 saturated heterocycles. The van der Waals surface area contributed by atoms with Crippen LogP contribution >= 0.6 is 11.6 Å². The van der Waals surface area contributed by atoms with Crippen LogP contribution in [0.2, 0.25) is 5.02 Å². The number of nitrogens with zero attached hydrogens (tertiary/aromatic N) is 2. The fourth-order valence-electron chi connectivity index (χ4n) is 4.39. The molecule has 3 aliphatic heterocycles. The van der Waals surface area contributed by atoms with Crippen LogP contribution in [0.4, 0.5) is 0 Å². The summed E-state index contributed by atoms with van der Waals surface area (Å²) in [7, 11) is 0. The number of nitrogens with one attached hydrogen (secondary N) is 1. The number of hydrogen-bond donors (Lipinski definition) is 2. The van der Waals surface area contributed by atoms with Gasteiger partial charge in [-0.1, -0.05) is 11.6 Å². The van der Waals surface area contributed by atoms with Crippen molar-refractivity contribution in [3.63, 3.8) is 0 Å². The molecule has 0 saturated carbocycles. The number of aryl methyl sites for hydroxylation is 1. The number of carbonyl (C=O) groups is 1. The average molecular weight is 356 g/mol. The topological polar surface area (TPSA) is 87.7 Å². The number of hydrogen-bond acceptors (Lipinski definition) is 5. The van der Waals surface area contributed by atoms with E-state index in [9.17, 15) is 9.90 Å². The molecule has 4 rings (SSSR count). The lowest BCUT2D eigenvalue weighted by atomic mass is 9.66. The molecule has 8 heteroatoms. The Bertz CT molecular complexity index is 651. The maximum atomic E-state index is 13.1. The lowest BCUT2D eigenvalue weighted by Gasteiger charge is -2.57. The lowest BCUT2D eigenvalue weighted by Crippen LogP contribution is -2.68. The number of fused-ring (bicyclic) bond motifs is 3. The zero-order chi connectivity index (χ0) is 16.9. The quantitative estimate of drug-likeness (QED) is 0.784. The minimum absolute atomic E-state index is 0.0568. The van der Waals surface area contributed by atoms with Crippen molar-refractivity contribution in [2.45, 2.75) is 31.4 Å². The Morgan fingerprint density at radius 1 is 1.42 bits per heavy atom. The highest BCUT2D eigenvalue weighted by atomic mass is 35.5. The molecular formula is C16H22ClN3O4. The number of halogens is 1. The Morgan fingerprint density at radius 2 is 2.21 bits per heavy atom. The molecule has 132 valence electrons. The van der Waals surface area contributed by atoms with Crippen molar-refractivity contribution in [3.05, 3.63) is 16.4 Å². The summed E-state index contributed by atoms with van der Waals surface area (Å²) in [5, 5.41) is 18.5. The Kier molecular flexibility index (Phi) is 4.07. The summed E-state index contributed by atoms with van der Waals surface area (Å²) in [6.45, 7) is 4.31. The summed E-state index contributed by atoms with van der Waals surface area (Å²) in [6, 6.07) is -0.0568. The van der Waals surface area contributed by atoms with Gasteiger partial charge >= 0.3 is 0 Å². The molecule has 7 nitrogen and oxygen atoms in total. The Morgan fingerprint density at radius 3 is 2.96 bits per heavy atom. The fourth-order valence-corrected chi connectivity index (χ4v) is 4.55. The van der Waals surface area contributed by atoms with E-state index < -0.39 is 5.60 Å². The zero-order valence-corrected chi connectivity index (χ0v) is 14.4. The first-order chi connectivity index (χ1) is 11.5. The van der Waals surface area contributed by atoms with Crippen LogP contribution in [-0.2, 0) is 9.47 Å². The van der Waals surface area contributed by atoms with Gasteiger partial charge in [0.1, 0.15) is 0 Å². The molecule has 0 aliphatic carbocycles. The van der Waals surface area contributed by atoms with Crippen molar-refractivity contribution >= 4 is 17.5 Å². The Labute approximate surface area is 145 Å². The third-order valence-corrected chi connectivity index (χ3v) is 6.25. The van der Waals surface area contributed by atoms with Crippen LogP contribution in [0.25, 0.3) is 0 Å². The molecule has 1 amide bonds. The number of carbonyl (C=O) groups excluding carboxylic acids is 1. The number of piperidine rings is 1. The molecule has 4 atom stereocenters. The number of amides is 1. The van der Waals surface area contributed by atoms with Gasteiger partial charge in [0.2, 0.25) is 0 Å². The number of aliphatic hydroxyl groups is 1. The van der Waals surface area contributed by atoms with Crippen molar-refractivity contribution in [2.75, 3.05) is 33.0 Å². The van der Waals surface area contributed by atoms with E-state index in [0.717, 1.165) is 0 Å². The predicted molar refractivity (Wildman–Crippen MR) is 86.0 cm³/mol. The van der Waals surface area contributed by atoms with Crippen molar-refractivity contribution in [3.8, 4) is 0 Å². The van der Waals surface area contributed by atoms with Gasteiger partial charge in [-0.25, -0.2) is 0 Å². The first kappa shape index (κ1) is 16.3. The Hall–Kier alpha value is -1.15. The maximum absolute atomic E-state index is 13.1. The number of aromatic amines is 1. The van der Waals surface area contributed by atoms with Gasteiger partial charge in [-0.3, -0.25) is 9.89 Å². The first-order valence-electron chi connectivity index (χ1n) is 8.41. The molecule has 1 aromatic rings. The van der Waals surface area contributed by atoms with E-state index >= 15 is 0 Å². The summed E-state index contributed by atoms with van der Waals surface area (Å²) >= 11 is 6.22. The molecule has 2 N–H and O–H groups in total. The molecule has 0 aromatic carbocycles. The van der Waals surface area contributed by atoms with Crippen molar-refractivity contribution < 1.29 is 19.4 Å². The molecule has 0 spiro atoms. The molecular weight excluding hydrogens is 334 g/mol. The van der Waals surface area contributed by atoms with E-state index in [1.807, 2.05) is 4.90 Å². The summed E-state index contributed by atoms with van der Waals surface area (Å²) in [5.74, 6) is -0.400. The highest BCUT2D eigenvalue weighted by Gasteiger charge is 2.56. The van der Waals surface area contributed by atoms with E-state index in [4.69, 9.17) is 21.1 Å². The van der Waals surface area contributed by atoms with Gasteiger partial charge in [-0.15, -0.1) is 0 Å². The molecule has 0 unspecified atom stereocenters. The maximum Gasteiger partial charge on any atom is 0.276 e. The number of rotatable bonds is 1. The average Bonchev–Trinajstić information content (AvgIpc) is 2.93. The molecule has 1 aromatic heterocycles. The van der Waals surface area contributed by atoms with Crippen LogP contribution in [0, 0.1) is 18.8 Å². The van der Waals surface area contributed by atoms with Crippen LogP contribution in [0.1, 0.15) is 29.0 Å². The molecule has 4 heterocycles. The van der Waals surface area contributed by atoms with E-state index in [1.54, 1.807) is 6.92 Å².